The molecular weight excluding hydrogens is 1720 g/mol. The van der Waals surface area contributed by atoms with Gasteiger partial charge in [-0.1, -0.05) is 309 Å². The lowest BCUT2D eigenvalue weighted by atomic mass is 9.87. The molecule has 4 aliphatic rings. The molecule has 0 radical (unpaired) electrons. The number of rotatable bonds is 8. The molecule has 0 spiro atoms. The van der Waals surface area contributed by atoms with Crippen molar-refractivity contribution in [3.63, 3.8) is 0 Å². The van der Waals surface area contributed by atoms with Gasteiger partial charge >= 0.3 is 0 Å². The van der Waals surface area contributed by atoms with Crippen LogP contribution in [0.25, 0.3) is 174 Å². The Hall–Kier alpha value is -19.1. The summed E-state index contributed by atoms with van der Waals surface area (Å²) in [6.45, 7) is 0. The fraction of sp³-hybridized carbons (Fsp3) is 0. The topological polar surface area (TPSA) is 176 Å². The molecule has 8 amide bonds. The molecule has 4 aliphatic heterocycles. The zero-order valence-electron chi connectivity index (χ0n) is 74.1. The highest BCUT2D eigenvalue weighted by molar-refractivity contribution is 6.41. The lowest BCUT2D eigenvalue weighted by molar-refractivity contribution is 0.0877. The van der Waals surface area contributed by atoms with E-state index in [1.807, 2.05) is 352 Å². The van der Waals surface area contributed by atoms with Crippen LogP contribution in [-0.4, -0.2) is 52.2 Å². The van der Waals surface area contributed by atoms with Crippen molar-refractivity contribution < 1.29 is 42.8 Å². The van der Waals surface area contributed by atoms with Crippen LogP contribution in [0.2, 0.25) is 0 Å². The third kappa shape index (κ3) is 13.5. The number of furan rings is 1. The number of hydrogen-bond acceptors (Lipinski definition) is 10. The van der Waals surface area contributed by atoms with Crippen LogP contribution in [0.15, 0.2) is 448 Å². The van der Waals surface area contributed by atoms with Crippen molar-refractivity contribution in [2.24, 2.45) is 0 Å². The second-order valence-corrected chi connectivity index (χ2v) is 35.1. The van der Waals surface area contributed by atoms with Gasteiger partial charge in [0, 0.05) is 94.8 Å². The average molecular weight is 1790 g/mol. The van der Waals surface area contributed by atoms with Crippen LogP contribution >= 0.6 is 0 Å². The monoisotopic (exact) mass is 1790 g/mol. The van der Waals surface area contributed by atoms with Gasteiger partial charge in [0.2, 0.25) is 0 Å². The molecule has 24 aromatic rings. The number of carbonyl (C=O) groups excluding carboxylic acids is 8. The molecule has 0 aliphatic carbocycles. The van der Waals surface area contributed by atoms with E-state index in [0.29, 0.717) is 78.0 Å². The smallest absolute Gasteiger partial charge is 0.265 e. The van der Waals surface area contributed by atoms with Crippen LogP contribution < -0.4 is 19.6 Å². The van der Waals surface area contributed by atoms with E-state index in [1.54, 1.807) is 24.5 Å². The Kier molecular flexibility index (Phi) is 19.4. The number of amides is 8. The Labute approximate surface area is 793 Å². The normalized spacial score (nSPS) is 13.2. The molecule has 0 saturated heterocycles. The summed E-state index contributed by atoms with van der Waals surface area (Å²) in [6, 6.07) is 140. The van der Waals surface area contributed by atoms with Gasteiger partial charge in [0.1, 0.15) is 11.2 Å². The van der Waals surface area contributed by atoms with Crippen molar-refractivity contribution in [1.82, 2.24) is 4.98 Å². The SMILES string of the molecule is O=C1c2cccc3c(-c4ccc5ccccc5c4)ccc(c23)C(=O)N1c1ccc2ccccc2c1.O=C1c2cccc3c(-c4cccc5c4oc4ccccc45)ccc(c23)C(=O)N1c1ccc2ccccc2c1.O=C1c2cccc3c(-c4cccc5ccccc45)ccc(c23)C(=O)N1c1ccc2ccccc2c1.O=C1c2cccc3c(-c4ccncc4)ccc(c23)C(=O)N1c1ccc2ccccc2c1. The van der Waals surface area contributed by atoms with E-state index in [0.717, 1.165) is 158 Å². The summed E-state index contributed by atoms with van der Waals surface area (Å²) < 4.78 is 6.30. The highest BCUT2D eigenvalue weighted by Gasteiger charge is 2.40. The van der Waals surface area contributed by atoms with Crippen molar-refractivity contribution in [1.29, 1.82) is 0 Å². The summed E-state index contributed by atoms with van der Waals surface area (Å²) in [7, 11) is 0. The molecule has 28 rings (SSSR count). The van der Waals surface area contributed by atoms with Gasteiger partial charge in [-0.2, -0.15) is 0 Å². The van der Waals surface area contributed by atoms with E-state index in [4.69, 9.17) is 4.42 Å². The average Bonchev–Trinajstić information content (AvgIpc) is 1.69. The van der Waals surface area contributed by atoms with Gasteiger partial charge in [0.25, 0.3) is 47.3 Å². The Balaban J connectivity index is 0.0000000983. The Morgan fingerprint density at radius 1 is 0.165 bits per heavy atom. The van der Waals surface area contributed by atoms with Gasteiger partial charge in [-0.15, -0.1) is 0 Å². The number of pyridine rings is 1. The van der Waals surface area contributed by atoms with Gasteiger partial charge in [-0.3, -0.25) is 43.3 Å². The first kappa shape index (κ1) is 81.9. The van der Waals surface area contributed by atoms with Crippen LogP contribution in [-0.2, 0) is 0 Å². The highest BCUT2D eigenvalue weighted by atomic mass is 16.3. The maximum absolute atomic E-state index is 13.8. The molecule has 6 heterocycles. The summed E-state index contributed by atoms with van der Waals surface area (Å²) in [5.74, 6) is -2.41. The van der Waals surface area contributed by atoms with Gasteiger partial charge in [0.05, 0.1) is 22.7 Å². The Morgan fingerprint density at radius 3 is 0.813 bits per heavy atom. The van der Waals surface area contributed by atoms with E-state index < -0.39 is 0 Å². The third-order valence-corrected chi connectivity index (χ3v) is 27.4. The lowest BCUT2D eigenvalue weighted by Crippen LogP contribution is -2.40. The number of imide groups is 4. The predicted molar refractivity (Wildman–Crippen MR) is 558 cm³/mol. The first-order valence-electron chi connectivity index (χ1n) is 45.8. The molecule has 14 nitrogen and oxygen atoms in total. The maximum atomic E-state index is 13.8. The molecule has 0 atom stereocenters. The minimum atomic E-state index is -0.317. The number of nitrogens with zero attached hydrogens (tertiary/aromatic N) is 5. The van der Waals surface area contributed by atoms with Gasteiger partial charge < -0.3 is 4.42 Å². The van der Waals surface area contributed by atoms with Crippen LogP contribution in [0.5, 0.6) is 0 Å². The maximum Gasteiger partial charge on any atom is 0.265 e. The number of hydrogen-bond donors (Lipinski definition) is 0. The quantitative estimate of drug-likeness (QED) is 0.133. The van der Waals surface area contributed by atoms with Crippen molar-refractivity contribution >= 4 is 200 Å². The molecule has 22 aromatic carbocycles. The minimum absolute atomic E-state index is 0.293. The number of anilines is 4. The van der Waals surface area contributed by atoms with Crippen molar-refractivity contribution in [2.75, 3.05) is 19.6 Å². The summed E-state index contributed by atoms with van der Waals surface area (Å²) in [5.41, 5.74) is 16.2. The Bertz CT molecular complexity index is 9430. The summed E-state index contributed by atoms with van der Waals surface area (Å²) in [6.07, 6.45) is 3.48. The molecule has 0 unspecified atom stereocenters. The van der Waals surface area contributed by atoms with Gasteiger partial charge in [-0.25, -0.2) is 19.6 Å². The van der Waals surface area contributed by atoms with Crippen molar-refractivity contribution in [3.8, 4) is 44.5 Å². The lowest BCUT2D eigenvalue weighted by Gasteiger charge is -2.28. The van der Waals surface area contributed by atoms with E-state index in [-0.39, 0.29) is 47.3 Å². The molecule has 0 saturated carbocycles. The molecule has 2 aromatic heterocycles. The second-order valence-electron chi connectivity index (χ2n) is 35.1. The fourth-order valence-corrected chi connectivity index (χ4v) is 20.9. The van der Waals surface area contributed by atoms with Crippen LogP contribution in [0.1, 0.15) is 82.9 Å². The molecule has 652 valence electrons. The molecule has 0 bridgehead atoms. The third-order valence-electron chi connectivity index (χ3n) is 27.4. The van der Waals surface area contributed by atoms with Crippen LogP contribution in [0, 0.1) is 0 Å². The molecule has 0 fully saturated rings. The van der Waals surface area contributed by atoms with Crippen molar-refractivity contribution in [3.05, 3.63) is 488 Å². The number of benzene rings is 22. The van der Waals surface area contributed by atoms with E-state index in [2.05, 4.69) is 71.7 Å². The molecule has 139 heavy (non-hydrogen) atoms. The molecular formula is C125H73N5O9. The van der Waals surface area contributed by atoms with Gasteiger partial charge in [0.15, 0.2) is 0 Å². The van der Waals surface area contributed by atoms with Gasteiger partial charge in [-0.05, 0) is 246 Å². The second kappa shape index (κ2) is 33.0. The van der Waals surface area contributed by atoms with E-state index >= 15 is 0 Å². The predicted octanol–water partition coefficient (Wildman–Crippen LogP) is 29.4. The summed E-state index contributed by atoms with van der Waals surface area (Å²) >= 11 is 0. The highest BCUT2D eigenvalue weighted by Crippen LogP contribution is 2.48. The first-order chi connectivity index (χ1) is 68.3. The Morgan fingerprint density at radius 2 is 0.417 bits per heavy atom. The first-order valence-corrected chi connectivity index (χ1v) is 45.8. The van der Waals surface area contributed by atoms with Crippen molar-refractivity contribution in [2.45, 2.75) is 0 Å². The zero-order valence-corrected chi connectivity index (χ0v) is 74.1. The molecule has 14 heteroatoms. The van der Waals surface area contributed by atoms with E-state index in [9.17, 15) is 38.4 Å². The van der Waals surface area contributed by atoms with E-state index in [1.165, 1.54) is 25.0 Å². The van der Waals surface area contributed by atoms with Crippen LogP contribution in [0.3, 0.4) is 0 Å². The molecule has 0 N–H and O–H groups in total. The fourth-order valence-electron chi connectivity index (χ4n) is 20.9. The summed E-state index contributed by atoms with van der Waals surface area (Å²) in [4.78, 5) is 119. The number of carbonyl (C=O) groups is 8. The number of fused-ring (bicyclic) bond motifs is 9. The minimum Gasteiger partial charge on any atom is -0.455 e. The van der Waals surface area contributed by atoms with Crippen LogP contribution in [0.4, 0.5) is 22.7 Å². The standard InChI is InChI=1S/C34H19NO3.2C32H19NO2.C27H16N2O2/c36-33-28-13-5-10-25-23(26-11-6-12-27-24-9-3-4-14-30(24)38-32(26)27)17-18-29(31(25)28)34(37)35(33)22-16-15-20-7-1-2-8-21(20)19-22;34-31-28-11-5-10-27-26(24-13-12-20-6-1-3-8-22(20)18-24)16-17-29(30(27)28)32(35)33(31)25-15-14-21-7-2-4-9-23(21)19-25;34-31-28-14-6-13-27-26(25-12-5-10-21-8-3-4-11-24(21)25)17-18-29(30(27)28)32(35)33(31)23-16-15-20-7-1-2-9-22(20)19-23;30-26-23-7-3-6-22-21(18-12-14-28-15-13-18)10-11-24(25(22)23)27(31)29(26)20-9-8-17-4-1-2-5-19(17)16-20/h1-19H;2*1-19H;1-16H. The number of aromatic nitrogens is 1. The largest absolute Gasteiger partial charge is 0.455 e. The summed E-state index contributed by atoms with van der Waals surface area (Å²) in [5, 5.41) is 21.3. The number of para-hydroxylation sites is 2. The zero-order chi connectivity index (χ0) is 93.4.